The average Bonchev–Trinajstić information content (AvgIpc) is 3.28. The van der Waals surface area contributed by atoms with Crippen molar-refractivity contribution in [3.05, 3.63) is 65.1 Å². The number of rotatable bonds is 6. The highest BCUT2D eigenvalue weighted by Gasteiger charge is 2.16. The molecule has 0 radical (unpaired) electrons. The summed E-state index contributed by atoms with van der Waals surface area (Å²) in [4.78, 5) is 20.8. The van der Waals surface area contributed by atoms with Crippen molar-refractivity contribution in [1.29, 1.82) is 0 Å². The number of hydrogen-bond donors (Lipinski definition) is 1. The van der Waals surface area contributed by atoms with Gasteiger partial charge in [0.1, 0.15) is 11.6 Å². The van der Waals surface area contributed by atoms with E-state index in [1.54, 1.807) is 47.7 Å². The Balaban J connectivity index is 1.39. The summed E-state index contributed by atoms with van der Waals surface area (Å²) in [5.74, 6) is 0.345. The summed E-state index contributed by atoms with van der Waals surface area (Å²) in [6.45, 7) is 5.66. The molecule has 0 saturated carbocycles. The number of nitrogens with zero attached hydrogens (tertiary/aromatic N) is 5. The van der Waals surface area contributed by atoms with Crippen LogP contribution in [0.2, 0.25) is 0 Å². The van der Waals surface area contributed by atoms with Crippen LogP contribution in [0.25, 0.3) is 16.7 Å². The molecule has 160 valence electrons. The number of imidazole rings is 1. The largest absolute Gasteiger partial charge is 0.466 e. The third-order valence-electron chi connectivity index (χ3n) is 5.01. The van der Waals surface area contributed by atoms with E-state index in [0.717, 1.165) is 16.6 Å². The normalized spacial score (nSPS) is 11.1. The second-order valence-corrected chi connectivity index (χ2v) is 7.40. The van der Waals surface area contributed by atoms with Crippen LogP contribution in [0.5, 0.6) is 5.88 Å². The maximum atomic E-state index is 14.5. The Morgan fingerprint density at radius 3 is 2.74 bits per heavy atom. The van der Waals surface area contributed by atoms with Gasteiger partial charge in [0.2, 0.25) is 5.88 Å². The number of halogens is 1. The van der Waals surface area contributed by atoms with Crippen LogP contribution in [0.4, 0.5) is 4.39 Å². The van der Waals surface area contributed by atoms with Gasteiger partial charge in [0.15, 0.2) is 12.3 Å². The molecule has 0 aliphatic heterocycles. The Kier molecular flexibility index (Phi) is 5.41. The minimum atomic E-state index is -0.387. The number of hydrogen-bond acceptors (Lipinski definition) is 5. The molecule has 3 aromatic heterocycles. The molecule has 0 aliphatic rings. The van der Waals surface area contributed by atoms with Crippen LogP contribution < -0.4 is 10.1 Å². The Morgan fingerprint density at radius 1 is 1.23 bits per heavy atom. The maximum Gasteiger partial charge on any atom is 0.258 e. The summed E-state index contributed by atoms with van der Waals surface area (Å²) in [6, 6.07) is 6.78. The molecule has 1 aromatic carbocycles. The molecule has 8 nitrogen and oxygen atoms in total. The Bertz CT molecular complexity index is 1280. The molecular formula is C22H23FN6O2. The van der Waals surface area contributed by atoms with E-state index in [9.17, 15) is 9.18 Å². The minimum Gasteiger partial charge on any atom is -0.466 e. The summed E-state index contributed by atoms with van der Waals surface area (Å²) >= 11 is 0. The zero-order valence-electron chi connectivity index (χ0n) is 17.8. The van der Waals surface area contributed by atoms with Crippen LogP contribution in [0.3, 0.4) is 0 Å². The fourth-order valence-corrected chi connectivity index (χ4v) is 3.52. The predicted molar refractivity (Wildman–Crippen MR) is 114 cm³/mol. The zero-order valence-corrected chi connectivity index (χ0v) is 17.8. The van der Waals surface area contributed by atoms with E-state index in [2.05, 4.69) is 20.4 Å². The van der Waals surface area contributed by atoms with E-state index >= 15 is 0 Å². The first kappa shape index (κ1) is 20.5. The predicted octanol–water partition coefficient (Wildman–Crippen LogP) is 2.91. The van der Waals surface area contributed by atoms with Crippen molar-refractivity contribution in [2.75, 3.05) is 6.61 Å². The molecule has 0 aliphatic carbocycles. The molecule has 4 aromatic rings. The number of ether oxygens (including phenoxy) is 1. The molecule has 3 heterocycles. The minimum absolute atomic E-state index is 0.186. The van der Waals surface area contributed by atoms with Crippen molar-refractivity contribution in [3.8, 4) is 11.6 Å². The highest BCUT2D eigenvalue weighted by atomic mass is 19.1. The number of amides is 1. The van der Waals surface area contributed by atoms with E-state index in [-0.39, 0.29) is 24.9 Å². The topological polar surface area (TPSA) is 86.9 Å². The summed E-state index contributed by atoms with van der Waals surface area (Å²) in [5, 5.41) is 7.86. The molecule has 0 spiro atoms. The second-order valence-electron chi connectivity index (χ2n) is 7.40. The molecule has 0 fully saturated rings. The van der Waals surface area contributed by atoms with Crippen LogP contribution >= 0.6 is 0 Å². The first-order valence-corrected chi connectivity index (χ1v) is 9.82. The van der Waals surface area contributed by atoms with Crippen molar-refractivity contribution < 1.29 is 13.9 Å². The first-order chi connectivity index (χ1) is 14.8. The van der Waals surface area contributed by atoms with Crippen molar-refractivity contribution in [1.82, 2.24) is 29.6 Å². The average molecular weight is 422 g/mol. The molecule has 0 bridgehead atoms. The number of aryl methyl sites for hydroxylation is 4. The number of carbonyl (C=O) groups is 1. The van der Waals surface area contributed by atoms with Crippen molar-refractivity contribution in [2.45, 2.75) is 27.3 Å². The standard InChI is InChI=1S/C22H23FN6O2/c1-13-9-14(2)26-21-20(13)22(27-28(21)4)31-12-19(30)25-11-16-5-6-18(17(23)10-16)29-8-7-24-15(29)3/h5-10H,11-12H2,1-4H3,(H,25,30). The van der Waals surface area contributed by atoms with E-state index in [1.165, 1.54) is 6.07 Å². The van der Waals surface area contributed by atoms with Crippen LogP contribution in [-0.4, -0.2) is 36.8 Å². The van der Waals surface area contributed by atoms with Gasteiger partial charge in [-0.3, -0.25) is 4.79 Å². The Morgan fingerprint density at radius 2 is 2.03 bits per heavy atom. The quantitative estimate of drug-likeness (QED) is 0.516. The van der Waals surface area contributed by atoms with Crippen LogP contribution in [0.15, 0.2) is 36.7 Å². The molecule has 31 heavy (non-hydrogen) atoms. The van der Waals surface area contributed by atoms with Gasteiger partial charge in [-0.15, -0.1) is 5.10 Å². The zero-order chi connectivity index (χ0) is 22.1. The molecule has 4 rings (SSSR count). The summed E-state index contributed by atoms with van der Waals surface area (Å²) in [5.41, 5.74) is 3.63. The van der Waals surface area contributed by atoms with Gasteiger partial charge < -0.3 is 14.6 Å². The lowest BCUT2D eigenvalue weighted by Gasteiger charge is -2.10. The van der Waals surface area contributed by atoms with Crippen LogP contribution in [0.1, 0.15) is 22.6 Å². The number of pyridine rings is 1. The highest BCUT2D eigenvalue weighted by molar-refractivity contribution is 5.85. The third kappa shape index (κ3) is 4.11. The van der Waals surface area contributed by atoms with E-state index in [0.29, 0.717) is 28.6 Å². The molecule has 9 heteroatoms. The number of carbonyl (C=O) groups excluding carboxylic acids is 1. The van der Waals surface area contributed by atoms with Gasteiger partial charge in [-0.25, -0.2) is 19.0 Å². The highest BCUT2D eigenvalue weighted by Crippen LogP contribution is 2.27. The monoisotopic (exact) mass is 422 g/mol. The smallest absolute Gasteiger partial charge is 0.258 e. The van der Waals surface area contributed by atoms with Crippen molar-refractivity contribution >= 4 is 16.9 Å². The van der Waals surface area contributed by atoms with E-state index < -0.39 is 0 Å². The lowest BCUT2D eigenvalue weighted by molar-refractivity contribution is -0.123. The number of nitrogens with one attached hydrogen (secondary N) is 1. The summed E-state index contributed by atoms with van der Waals surface area (Å²) in [6.07, 6.45) is 3.32. The van der Waals surface area contributed by atoms with Gasteiger partial charge in [0.05, 0.1) is 11.1 Å². The van der Waals surface area contributed by atoms with E-state index in [4.69, 9.17) is 4.74 Å². The first-order valence-electron chi connectivity index (χ1n) is 9.82. The fourth-order valence-electron chi connectivity index (χ4n) is 3.52. The van der Waals surface area contributed by atoms with Gasteiger partial charge in [-0.05, 0) is 50.1 Å². The Hall–Kier alpha value is -3.75. The van der Waals surface area contributed by atoms with Gasteiger partial charge in [-0.1, -0.05) is 6.07 Å². The third-order valence-corrected chi connectivity index (χ3v) is 5.01. The molecule has 1 N–H and O–H groups in total. The SMILES string of the molecule is Cc1cc(C)c2c(OCC(=O)NCc3ccc(-n4ccnc4C)c(F)c3)nn(C)c2n1. The van der Waals surface area contributed by atoms with Gasteiger partial charge in [0.25, 0.3) is 5.91 Å². The van der Waals surface area contributed by atoms with E-state index in [1.807, 2.05) is 19.9 Å². The van der Waals surface area contributed by atoms with Crippen LogP contribution in [-0.2, 0) is 18.4 Å². The summed E-state index contributed by atoms with van der Waals surface area (Å²) in [7, 11) is 1.78. The molecule has 0 atom stereocenters. The number of fused-ring (bicyclic) bond motifs is 1. The molecule has 1 amide bonds. The van der Waals surface area contributed by atoms with Crippen LogP contribution in [0, 0.1) is 26.6 Å². The van der Waals surface area contributed by atoms with Crippen molar-refractivity contribution in [3.63, 3.8) is 0 Å². The molecule has 0 unspecified atom stereocenters. The Labute approximate surface area is 178 Å². The van der Waals surface area contributed by atoms with Gasteiger partial charge >= 0.3 is 0 Å². The van der Waals surface area contributed by atoms with Crippen molar-refractivity contribution in [2.24, 2.45) is 7.05 Å². The second kappa shape index (κ2) is 8.17. The van der Waals surface area contributed by atoms with Gasteiger partial charge in [0, 0.05) is 31.7 Å². The maximum absolute atomic E-state index is 14.5. The summed E-state index contributed by atoms with van der Waals surface area (Å²) < 4.78 is 23.5. The fraction of sp³-hybridized carbons (Fsp3) is 0.273. The lowest BCUT2D eigenvalue weighted by atomic mass is 10.2. The molecule has 0 saturated heterocycles. The van der Waals surface area contributed by atoms with Gasteiger partial charge in [-0.2, -0.15) is 0 Å². The number of benzene rings is 1. The lowest BCUT2D eigenvalue weighted by Crippen LogP contribution is -2.28. The number of aromatic nitrogens is 5. The molecular weight excluding hydrogens is 399 g/mol.